The Bertz CT molecular complexity index is 105. The van der Waals surface area contributed by atoms with Gasteiger partial charge in [-0.25, -0.2) is 0 Å². The van der Waals surface area contributed by atoms with Crippen molar-refractivity contribution in [2.75, 3.05) is 13.6 Å². The van der Waals surface area contributed by atoms with E-state index in [0.29, 0.717) is 0 Å². The number of nitrogens with zero attached hydrogens (tertiary/aromatic N) is 2. The lowest BCUT2D eigenvalue weighted by molar-refractivity contribution is 0.394. The quantitative estimate of drug-likeness (QED) is 0.428. The fraction of sp³-hybridized carbons (Fsp3) is 0.400. The minimum Gasteiger partial charge on any atom is -0.296 e. The molecular weight excluding hydrogens is 88.1 g/mol. The van der Waals surface area contributed by atoms with Gasteiger partial charge in [0.05, 0.1) is 6.54 Å². The maximum absolute atomic E-state index is 3.95. The molecule has 2 nitrogen and oxygen atoms in total. The number of likely N-dealkylation sites (N-methyl/N-ethyl adjacent to an activating group) is 1. The Hall–Kier alpha value is -0.790. The highest BCUT2D eigenvalue weighted by atomic mass is 15.4. The highest BCUT2D eigenvalue weighted by molar-refractivity contribution is 5.71. The van der Waals surface area contributed by atoms with Crippen LogP contribution in [0.25, 0.3) is 0 Å². The van der Waals surface area contributed by atoms with Crippen LogP contribution in [0.5, 0.6) is 0 Å². The van der Waals surface area contributed by atoms with Gasteiger partial charge in [-0.2, -0.15) is 5.10 Å². The highest BCUT2D eigenvalue weighted by Gasteiger charge is 1.87. The normalized spacial score (nSPS) is 18.1. The molecule has 1 heterocycles. The summed E-state index contributed by atoms with van der Waals surface area (Å²) in [6.45, 7) is 0.941. The fourth-order valence-corrected chi connectivity index (χ4v) is 0.474. The highest BCUT2D eigenvalue weighted by Crippen LogP contribution is 1.87. The van der Waals surface area contributed by atoms with Gasteiger partial charge in [-0.05, 0) is 6.08 Å². The second kappa shape index (κ2) is 1.78. The van der Waals surface area contributed by atoms with E-state index < -0.39 is 0 Å². The zero-order valence-electron chi connectivity index (χ0n) is 4.33. The summed E-state index contributed by atoms with van der Waals surface area (Å²) in [5.74, 6) is 0. The third-order valence-electron chi connectivity index (χ3n) is 0.856. The van der Waals surface area contributed by atoms with Gasteiger partial charge < -0.3 is 0 Å². The topological polar surface area (TPSA) is 15.6 Å². The van der Waals surface area contributed by atoms with E-state index in [1.807, 2.05) is 18.1 Å². The van der Waals surface area contributed by atoms with Gasteiger partial charge in [0.2, 0.25) is 0 Å². The molecule has 1 aliphatic rings. The molecule has 0 unspecified atom stereocenters. The molecule has 2 heteroatoms. The van der Waals surface area contributed by atoms with Crippen molar-refractivity contribution in [2.24, 2.45) is 5.10 Å². The zero-order chi connectivity index (χ0) is 5.11. The van der Waals surface area contributed by atoms with E-state index in [2.05, 4.69) is 11.2 Å². The summed E-state index contributed by atoms with van der Waals surface area (Å²) in [5, 5.41) is 5.83. The first kappa shape index (κ1) is 4.37. The lowest BCUT2D eigenvalue weighted by atomic mass is 10.5. The summed E-state index contributed by atoms with van der Waals surface area (Å²) < 4.78 is 0. The summed E-state index contributed by atoms with van der Waals surface area (Å²) in [4.78, 5) is 0. The van der Waals surface area contributed by atoms with Crippen LogP contribution in [0.3, 0.4) is 0 Å². The number of hydrogen-bond acceptors (Lipinski definition) is 2. The first-order chi connectivity index (χ1) is 3.39. The number of hydrogen-bond donors (Lipinski definition) is 0. The summed E-state index contributed by atoms with van der Waals surface area (Å²) in [6.07, 6.45) is 5.79. The lowest BCUT2D eigenvalue weighted by Gasteiger charge is -2.10. The molecule has 1 rings (SSSR count). The fourth-order valence-electron chi connectivity index (χ4n) is 0.474. The minimum atomic E-state index is 0.941. The van der Waals surface area contributed by atoms with Crippen LogP contribution in [-0.2, 0) is 0 Å². The van der Waals surface area contributed by atoms with Crippen LogP contribution in [0.1, 0.15) is 0 Å². The largest absolute Gasteiger partial charge is 0.296 e. The molecule has 0 saturated heterocycles. The predicted octanol–water partition coefficient (Wildman–Crippen LogP) is 0.474. The van der Waals surface area contributed by atoms with Gasteiger partial charge in [0.15, 0.2) is 0 Å². The van der Waals surface area contributed by atoms with E-state index >= 15 is 0 Å². The summed E-state index contributed by atoms with van der Waals surface area (Å²) >= 11 is 0. The Kier molecular flexibility index (Phi) is 1.11. The molecule has 0 N–H and O–H groups in total. The van der Waals surface area contributed by atoms with Gasteiger partial charge in [-0.1, -0.05) is 6.08 Å². The van der Waals surface area contributed by atoms with E-state index in [1.54, 1.807) is 6.21 Å². The molecule has 7 heavy (non-hydrogen) atoms. The molecule has 0 aliphatic carbocycles. The summed E-state index contributed by atoms with van der Waals surface area (Å²) in [6, 6.07) is 0. The molecule has 0 saturated carbocycles. The van der Waals surface area contributed by atoms with E-state index in [-0.39, 0.29) is 0 Å². The minimum absolute atomic E-state index is 0.941. The summed E-state index contributed by atoms with van der Waals surface area (Å²) in [5.41, 5.74) is 0. The van der Waals surface area contributed by atoms with Crippen molar-refractivity contribution in [1.29, 1.82) is 0 Å². The van der Waals surface area contributed by atoms with Crippen molar-refractivity contribution in [3.8, 4) is 0 Å². The van der Waals surface area contributed by atoms with Crippen LogP contribution in [0.4, 0.5) is 0 Å². The Labute approximate surface area is 43.1 Å². The van der Waals surface area contributed by atoms with Gasteiger partial charge in [-0.15, -0.1) is 0 Å². The molecule has 38 valence electrons. The molecule has 0 aromatic heterocycles. The lowest BCUT2D eigenvalue weighted by Crippen LogP contribution is -2.12. The average Bonchev–Trinajstić information content (AvgIpc) is 1.69. The van der Waals surface area contributed by atoms with E-state index in [4.69, 9.17) is 0 Å². The van der Waals surface area contributed by atoms with Gasteiger partial charge in [0, 0.05) is 13.3 Å². The van der Waals surface area contributed by atoms with Gasteiger partial charge in [-0.3, -0.25) is 5.01 Å². The van der Waals surface area contributed by atoms with E-state index in [0.717, 1.165) is 6.54 Å². The molecule has 0 spiro atoms. The second-order valence-corrected chi connectivity index (χ2v) is 1.53. The number of allylic oxidation sites excluding steroid dienone is 1. The van der Waals surface area contributed by atoms with Crippen LogP contribution in [-0.4, -0.2) is 24.8 Å². The SMILES string of the molecule is CN1CC=CC=N1. The first-order valence-corrected chi connectivity index (χ1v) is 2.30. The average molecular weight is 96.1 g/mol. The van der Waals surface area contributed by atoms with Crippen LogP contribution >= 0.6 is 0 Å². The van der Waals surface area contributed by atoms with E-state index in [1.165, 1.54) is 0 Å². The van der Waals surface area contributed by atoms with Crippen LogP contribution in [0.15, 0.2) is 17.3 Å². The maximum Gasteiger partial charge on any atom is 0.0541 e. The monoisotopic (exact) mass is 96.1 g/mol. The molecule has 0 fully saturated rings. The van der Waals surface area contributed by atoms with Crippen molar-refractivity contribution in [3.63, 3.8) is 0 Å². The Balaban J connectivity index is 2.49. The Morgan fingerprint density at radius 3 is 2.86 bits per heavy atom. The van der Waals surface area contributed by atoms with Crippen molar-refractivity contribution in [1.82, 2.24) is 5.01 Å². The van der Waals surface area contributed by atoms with Crippen molar-refractivity contribution in [2.45, 2.75) is 0 Å². The Morgan fingerprint density at radius 1 is 1.71 bits per heavy atom. The maximum atomic E-state index is 3.95. The molecule has 0 amide bonds. The number of hydrazone groups is 1. The van der Waals surface area contributed by atoms with Crippen LogP contribution < -0.4 is 0 Å². The van der Waals surface area contributed by atoms with Crippen molar-refractivity contribution >= 4 is 6.21 Å². The van der Waals surface area contributed by atoms with Crippen LogP contribution in [0.2, 0.25) is 0 Å². The zero-order valence-corrected chi connectivity index (χ0v) is 4.33. The molecule has 0 aromatic rings. The van der Waals surface area contributed by atoms with Crippen molar-refractivity contribution in [3.05, 3.63) is 12.2 Å². The molecule has 0 bridgehead atoms. The standard InChI is InChI=1S/C5H8N2/c1-7-5-3-2-4-6-7/h2-4H,5H2,1H3. The molecule has 0 atom stereocenters. The molecule has 0 radical (unpaired) electrons. The van der Waals surface area contributed by atoms with Gasteiger partial charge in [0.25, 0.3) is 0 Å². The van der Waals surface area contributed by atoms with Crippen LogP contribution in [0, 0.1) is 0 Å². The molecular formula is C5H8N2. The summed E-state index contributed by atoms with van der Waals surface area (Å²) in [7, 11) is 1.94. The first-order valence-electron chi connectivity index (χ1n) is 2.30. The van der Waals surface area contributed by atoms with Gasteiger partial charge in [0.1, 0.15) is 0 Å². The number of rotatable bonds is 0. The Morgan fingerprint density at radius 2 is 2.57 bits per heavy atom. The third-order valence-corrected chi connectivity index (χ3v) is 0.856. The predicted molar refractivity (Wildman–Crippen MR) is 30.3 cm³/mol. The third kappa shape index (κ3) is 1.03. The van der Waals surface area contributed by atoms with Crippen molar-refractivity contribution < 1.29 is 0 Å². The second-order valence-electron chi connectivity index (χ2n) is 1.53. The smallest absolute Gasteiger partial charge is 0.0541 e. The molecule has 1 aliphatic heterocycles. The van der Waals surface area contributed by atoms with Gasteiger partial charge >= 0.3 is 0 Å². The van der Waals surface area contributed by atoms with E-state index in [9.17, 15) is 0 Å². The molecule has 0 aromatic carbocycles.